The van der Waals surface area contributed by atoms with Crippen LogP contribution < -0.4 is 17.2 Å². The summed E-state index contributed by atoms with van der Waals surface area (Å²) in [5, 5.41) is 25.3. The van der Waals surface area contributed by atoms with E-state index in [1.54, 1.807) is 24.2 Å². The Morgan fingerprint density at radius 3 is 1.56 bits per heavy atom. The minimum atomic E-state index is -1.18. The first-order valence-corrected chi connectivity index (χ1v) is 23.5. The van der Waals surface area contributed by atoms with Gasteiger partial charge in [-0.05, 0) is 52.3 Å². The number of carboxylic acids is 1. The number of nitrogens with two attached hydrogens (primary N) is 3. The third kappa shape index (κ3) is 11.8. The van der Waals surface area contributed by atoms with Crippen LogP contribution in [0.3, 0.4) is 0 Å². The fraction of sp³-hybridized carbons (Fsp3) is 0.128. The zero-order valence-electron chi connectivity index (χ0n) is 36.8. The number of anilines is 3. The number of hydrogen-bond acceptors (Lipinski definition) is 18. The van der Waals surface area contributed by atoms with Crippen molar-refractivity contribution in [2.45, 2.75) is 48.0 Å². The first-order chi connectivity index (χ1) is 32.8. The molecule has 0 aliphatic heterocycles. The SMILES string of the molecule is CC(C)S(=O)c1ccccc1-c1cnc(N)c(-c2nnc(-c3ccccc3)o2)n1.CC(C)Sc1ccccc1-c1cnc(N)c(-c2nnc(-c3ccccc3)o2)n1.Nc1ncc(Br)nc1C(=O)O. The lowest BCUT2D eigenvalue weighted by atomic mass is 10.1. The van der Waals surface area contributed by atoms with Crippen LogP contribution in [-0.4, -0.2) is 76.1 Å². The highest BCUT2D eigenvalue weighted by atomic mass is 79.9. The van der Waals surface area contributed by atoms with Crippen LogP contribution in [-0.2, 0) is 10.8 Å². The van der Waals surface area contributed by atoms with Crippen molar-refractivity contribution in [3.8, 4) is 68.6 Å². The molecule has 9 aromatic rings. The fourth-order valence-electron chi connectivity index (χ4n) is 6.08. The number of nitrogens with zero attached hydrogens (tertiary/aromatic N) is 10. The zero-order valence-corrected chi connectivity index (χ0v) is 40.0. The van der Waals surface area contributed by atoms with Crippen LogP contribution in [0, 0.1) is 0 Å². The summed E-state index contributed by atoms with van der Waals surface area (Å²) in [4.78, 5) is 37.2. The molecule has 0 amide bonds. The topological polar surface area (TPSA) is 288 Å². The van der Waals surface area contributed by atoms with Gasteiger partial charge in [0.2, 0.25) is 11.8 Å². The first kappa shape index (κ1) is 48.2. The molecule has 68 heavy (non-hydrogen) atoms. The lowest BCUT2D eigenvalue weighted by Crippen LogP contribution is -2.08. The third-order valence-corrected chi connectivity index (χ3v) is 12.3. The van der Waals surface area contributed by atoms with Gasteiger partial charge < -0.3 is 31.1 Å². The molecule has 7 N–H and O–H groups in total. The Balaban J connectivity index is 0.000000165. The molecule has 0 radical (unpaired) electrons. The van der Waals surface area contributed by atoms with Gasteiger partial charge in [0, 0.05) is 42.5 Å². The van der Waals surface area contributed by atoms with Gasteiger partial charge in [-0.15, -0.1) is 32.2 Å². The highest BCUT2D eigenvalue weighted by molar-refractivity contribution is 9.10. The molecule has 0 bridgehead atoms. The Morgan fingerprint density at radius 1 is 0.603 bits per heavy atom. The van der Waals surface area contributed by atoms with Crippen LogP contribution >= 0.6 is 27.7 Å². The average Bonchev–Trinajstić information content (AvgIpc) is 4.05. The van der Waals surface area contributed by atoms with E-state index < -0.39 is 16.8 Å². The first-order valence-electron chi connectivity index (χ1n) is 20.6. The Labute approximate surface area is 405 Å². The molecule has 5 heterocycles. The molecule has 1 atom stereocenters. The molecule has 0 aliphatic carbocycles. The van der Waals surface area contributed by atoms with Crippen molar-refractivity contribution < 1.29 is 22.9 Å². The second kappa shape index (κ2) is 22.2. The second-order valence-corrected chi connectivity index (χ2v) is 19.2. The molecule has 9 rings (SSSR count). The van der Waals surface area contributed by atoms with Gasteiger partial charge in [-0.1, -0.05) is 100 Å². The van der Waals surface area contributed by atoms with Gasteiger partial charge in [-0.25, -0.2) is 34.7 Å². The summed E-state index contributed by atoms with van der Waals surface area (Å²) in [6.45, 7) is 8.14. The minimum Gasteiger partial charge on any atom is -0.476 e. The van der Waals surface area contributed by atoms with Crippen molar-refractivity contribution >= 4 is 61.9 Å². The molecule has 0 aliphatic rings. The van der Waals surface area contributed by atoms with Crippen molar-refractivity contribution in [3.63, 3.8) is 0 Å². The number of carbonyl (C=O) groups is 1. The van der Waals surface area contributed by atoms with Crippen LogP contribution in [0.2, 0.25) is 0 Å². The largest absolute Gasteiger partial charge is 0.476 e. The highest BCUT2D eigenvalue weighted by Gasteiger charge is 2.21. The molecule has 1 unspecified atom stereocenters. The van der Waals surface area contributed by atoms with E-state index in [1.165, 1.54) is 6.20 Å². The molecular weight excluding hydrogens is 971 g/mol. The number of halogens is 1. The van der Waals surface area contributed by atoms with Crippen LogP contribution in [0.25, 0.3) is 68.6 Å². The zero-order chi connectivity index (χ0) is 48.3. The van der Waals surface area contributed by atoms with Gasteiger partial charge in [0.25, 0.3) is 11.8 Å². The number of benzene rings is 4. The number of hydrogen-bond donors (Lipinski definition) is 4. The number of aromatic nitrogens is 10. The second-order valence-electron chi connectivity index (χ2n) is 14.8. The standard InChI is InChI=1S/C21H19N5O2S.C21H19N5OS.C5H4BrN3O2/c1-13(2)29(27)17-11-7-6-10-15(17)16-12-23-19(22)18(24-16)21-26-25-20(28-21)14-8-4-3-5-9-14;1-13(2)28-17-11-7-6-10-15(17)16-12-23-19(22)18(24-16)21-26-25-20(27-21)14-8-4-3-5-9-14;6-2-1-8-4(7)3(9-2)5(10)11/h3-13H,1-2H3,(H2,22,23);3-13H,1-2H3,(H2,22,23);1H,(H2,7,8)(H,10,11). The van der Waals surface area contributed by atoms with Crippen LogP contribution in [0.15, 0.2) is 151 Å². The third-order valence-electron chi connectivity index (χ3n) is 9.21. The number of carboxylic acid groups (broad SMARTS) is 1. The van der Waals surface area contributed by atoms with Crippen molar-refractivity contribution in [1.29, 1.82) is 0 Å². The maximum Gasteiger partial charge on any atom is 0.358 e. The normalized spacial score (nSPS) is 11.3. The lowest BCUT2D eigenvalue weighted by molar-refractivity contribution is 0.0691. The van der Waals surface area contributed by atoms with Gasteiger partial charge in [-0.3, -0.25) is 4.21 Å². The van der Waals surface area contributed by atoms with E-state index in [2.05, 4.69) is 81.2 Å². The number of thioether (sulfide) groups is 1. The predicted molar refractivity (Wildman–Crippen MR) is 265 cm³/mol. The minimum absolute atomic E-state index is 0.0262. The summed E-state index contributed by atoms with van der Waals surface area (Å²) in [6, 6.07) is 34.5. The monoisotopic (exact) mass is 1010 g/mol. The molecule has 5 aromatic heterocycles. The fourth-order valence-corrected chi connectivity index (χ4v) is 8.43. The number of nitrogen functional groups attached to an aromatic ring is 3. The molecule has 4 aromatic carbocycles. The van der Waals surface area contributed by atoms with Crippen molar-refractivity contribution in [1.82, 2.24) is 50.3 Å². The average molecular weight is 1010 g/mol. The van der Waals surface area contributed by atoms with Gasteiger partial charge >= 0.3 is 5.97 Å². The molecule has 0 saturated heterocycles. The summed E-state index contributed by atoms with van der Waals surface area (Å²) in [6.07, 6.45) is 4.57. The van der Waals surface area contributed by atoms with E-state index in [0.29, 0.717) is 49.3 Å². The summed E-state index contributed by atoms with van der Waals surface area (Å²) in [7, 11) is -1.17. The van der Waals surface area contributed by atoms with Crippen LogP contribution in [0.4, 0.5) is 17.5 Å². The Bertz CT molecular complexity index is 3190. The maximum absolute atomic E-state index is 12.7. The van der Waals surface area contributed by atoms with E-state index in [-0.39, 0.29) is 40.2 Å². The summed E-state index contributed by atoms with van der Waals surface area (Å²) < 4.78 is 24.7. The smallest absolute Gasteiger partial charge is 0.358 e. The summed E-state index contributed by atoms with van der Waals surface area (Å²) in [5.41, 5.74) is 22.4. The lowest BCUT2D eigenvalue weighted by Gasteiger charge is -2.11. The molecule has 18 nitrogen and oxygen atoms in total. The molecule has 344 valence electrons. The molecule has 21 heteroatoms. The van der Waals surface area contributed by atoms with E-state index >= 15 is 0 Å². The molecule has 0 saturated carbocycles. The van der Waals surface area contributed by atoms with Crippen LogP contribution in [0.5, 0.6) is 0 Å². The Kier molecular flexibility index (Phi) is 15.7. The van der Waals surface area contributed by atoms with Crippen molar-refractivity contribution in [2.24, 2.45) is 0 Å². The highest BCUT2D eigenvalue weighted by Crippen LogP contribution is 2.35. The molecule has 0 fully saturated rings. The quantitative estimate of drug-likeness (QED) is 0.0877. The summed E-state index contributed by atoms with van der Waals surface area (Å²) >= 11 is 4.75. The van der Waals surface area contributed by atoms with Gasteiger partial charge in [0.1, 0.15) is 4.60 Å². The number of aromatic carboxylic acids is 1. The molecular formula is C47H42BrN13O5S2. The van der Waals surface area contributed by atoms with E-state index in [0.717, 1.165) is 27.1 Å². The number of rotatable bonds is 11. The predicted octanol–water partition coefficient (Wildman–Crippen LogP) is 9.42. The van der Waals surface area contributed by atoms with E-state index in [4.69, 9.17) is 36.1 Å². The van der Waals surface area contributed by atoms with Crippen molar-refractivity contribution in [2.75, 3.05) is 17.2 Å². The van der Waals surface area contributed by atoms with E-state index in [9.17, 15) is 9.00 Å². The van der Waals surface area contributed by atoms with Gasteiger partial charge in [-0.2, -0.15) is 0 Å². The van der Waals surface area contributed by atoms with Crippen LogP contribution in [0.1, 0.15) is 38.2 Å². The summed E-state index contributed by atoms with van der Waals surface area (Å²) in [5.74, 6) is 0.377. The van der Waals surface area contributed by atoms with Crippen molar-refractivity contribution in [3.05, 3.63) is 138 Å². The van der Waals surface area contributed by atoms with Gasteiger partial charge in [0.15, 0.2) is 34.5 Å². The maximum atomic E-state index is 12.7. The Morgan fingerprint density at radius 2 is 1.06 bits per heavy atom. The molecule has 0 spiro atoms. The van der Waals surface area contributed by atoms with E-state index in [1.807, 2.05) is 117 Å². The van der Waals surface area contributed by atoms with Gasteiger partial charge in [0.05, 0.1) is 40.8 Å². The Hall–Kier alpha value is -7.75.